The Morgan fingerprint density at radius 3 is 2.47 bits per heavy atom. The number of piperazine rings is 1. The van der Waals surface area contributed by atoms with E-state index in [9.17, 15) is 13.2 Å². The van der Waals surface area contributed by atoms with Crippen LogP contribution in [0, 0.1) is 17.1 Å². The van der Waals surface area contributed by atoms with Gasteiger partial charge in [0, 0.05) is 48.0 Å². The third-order valence-corrected chi connectivity index (χ3v) is 9.10. The molecular weight excluding hydrogens is 535 g/mol. The van der Waals surface area contributed by atoms with Crippen LogP contribution >= 0.6 is 11.6 Å². The van der Waals surface area contributed by atoms with Crippen LogP contribution in [0.3, 0.4) is 0 Å². The Kier molecular flexibility index (Phi) is 6.85. The molecule has 13 heteroatoms. The number of hydrogen-bond acceptors (Lipinski definition) is 7. The summed E-state index contributed by atoms with van der Waals surface area (Å²) in [5.41, 5.74) is 0.727. The fourth-order valence-electron chi connectivity index (χ4n) is 4.59. The topological polar surface area (TPSA) is 132 Å². The van der Waals surface area contributed by atoms with Crippen LogP contribution in [-0.4, -0.2) is 65.7 Å². The number of rotatable bonds is 6. The van der Waals surface area contributed by atoms with Gasteiger partial charge in [0.15, 0.2) is 5.82 Å². The first kappa shape index (κ1) is 26.1. The molecule has 2 fully saturated rings. The maximum atomic E-state index is 15.4. The van der Waals surface area contributed by atoms with Crippen molar-refractivity contribution in [3.05, 3.63) is 64.2 Å². The second kappa shape index (κ2) is 9.98. The Labute approximate surface area is 224 Å². The second-order valence-electron chi connectivity index (χ2n) is 9.23. The van der Waals surface area contributed by atoms with Gasteiger partial charge in [0.2, 0.25) is 10.0 Å². The number of nitriles is 1. The highest BCUT2D eigenvalue weighted by molar-refractivity contribution is 7.89. The molecule has 0 atom stereocenters. The lowest BCUT2D eigenvalue weighted by Crippen LogP contribution is -2.51. The molecule has 38 heavy (non-hydrogen) atoms. The first-order valence-electron chi connectivity index (χ1n) is 12.0. The normalized spacial score (nSPS) is 17.2. The maximum absolute atomic E-state index is 15.4. The van der Waals surface area contributed by atoms with Gasteiger partial charge >= 0.3 is 6.03 Å². The number of benzene rings is 2. The van der Waals surface area contributed by atoms with E-state index in [2.05, 4.69) is 15.5 Å². The highest BCUT2D eigenvalue weighted by Gasteiger charge is 2.53. The van der Waals surface area contributed by atoms with Crippen LogP contribution in [0.25, 0.3) is 11.5 Å². The van der Waals surface area contributed by atoms with E-state index >= 15 is 4.39 Å². The summed E-state index contributed by atoms with van der Waals surface area (Å²) in [5, 5.41) is 15.9. The molecule has 0 spiro atoms. The van der Waals surface area contributed by atoms with Gasteiger partial charge < -0.3 is 14.7 Å². The van der Waals surface area contributed by atoms with E-state index in [1.165, 1.54) is 21.3 Å². The minimum absolute atomic E-state index is 0.00538. The molecule has 2 aromatic carbocycles. The van der Waals surface area contributed by atoms with E-state index in [0.29, 0.717) is 29.8 Å². The lowest BCUT2D eigenvalue weighted by molar-refractivity contribution is 0.184. The summed E-state index contributed by atoms with van der Waals surface area (Å²) in [6.45, 7) is 2.43. The van der Waals surface area contributed by atoms with Crippen LogP contribution in [-0.2, 0) is 15.4 Å². The molecule has 1 aliphatic carbocycles. The van der Waals surface area contributed by atoms with Crippen molar-refractivity contribution in [2.75, 3.05) is 37.2 Å². The summed E-state index contributed by atoms with van der Waals surface area (Å²) in [6, 6.07) is 11.0. The Balaban J connectivity index is 1.31. The van der Waals surface area contributed by atoms with E-state index in [-0.39, 0.29) is 54.1 Å². The minimum Gasteiger partial charge on any atom is -0.334 e. The number of hydrogen-bond donors (Lipinski definition) is 1. The SMILES string of the molecule is CCS(=O)(=O)N1CCN(C(=O)Nc2cc(F)c(C3(c4noc(-c5ccc(C#N)cc5)n4)CC3)c(Cl)c2)CC1. The van der Waals surface area contributed by atoms with E-state index in [1.54, 1.807) is 31.2 Å². The van der Waals surface area contributed by atoms with E-state index < -0.39 is 27.3 Å². The summed E-state index contributed by atoms with van der Waals surface area (Å²) in [4.78, 5) is 18.7. The van der Waals surface area contributed by atoms with Crippen LogP contribution in [0.5, 0.6) is 0 Å². The van der Waals surface area contributed by atoms with Crippen molar-refractivity contribution in [3.63, 3.8) is 0 Å². The van der Waals surface area contributed by atoms with Crippen molar-refractivity contribution in [2.24, 2.45) is 0 Å². The molecule has 1 aromatic heterocycles. The summed E-state index contributed by atoms with van der Waals surface area (Å²) in [7, 11) is -3.31. The summed E-state index contributed by atoms with van der Waals surface area (Å²) >= 11 is 6.53. The van der Waals surface area contributed by atoms with Crippen LogP contribution in [0.1, 0.15) is 36.7 Å². The van der Waals surface area contributed by atoms with E-state index in [1.807, 2.05) is 6.07 Å². The number of nitrogens with zero attached hydrogens (tertiary/aromatic N) is 5. The lowest BCUT2D eigenvalue weighted by atomic mass is 9.94. The zero-order valence-corrected chi connectivity index (χ0v) is 22.0. The standard InChI is InChI=1S/C25H24ClFN6O4S/c1-2-38(35,36)33-11-9-32(10-12-33)24(34)29-18-13-19(26)21(20(27)14-18)25(7-8-25)23-30-22(37-31-23)17-5-3-16(15-28)4-6-17/h3-6,13-14H,2,7-12H2,1H3,(H,29,34). The molecule has 3 aromatic rings. The third kappa shape index (κ3) is 4.84. The molecule has 0 unspecified atom stereocenters. The number of halogens is 2. The van der Waals surface area contributed by atoms with Crippen molar-refractivity contribution in [2.45, 2.75) is 25.2 Å². The van der Waals surface area contributed by atoms with E-state index in [0.717, 1.165) is 0 Å². The van der Waals surface area contributed by atoms with Crippen molar-refractivity contribution >= 4 is 33.3 Å². The van der Waals surface area contributed by atoms with Gasteiger partial charge in [-0.05, 0) is 56.2 Å². The zero-order valence-electron chi connectivity index (χ0n) is 20.4. The monoisotopic (exact) mass is 558 g/mol. The smallest absolute Gasteiger partial charge is 0.321 e. The molecule has 198 valence electrons. The number of anilines is 1. The molecule has 1 N–H and O–H groups in total. The zero-order chi connectivity index (χ0) is 27.1. The molecular formula is C25H24ClFN6O4S. The second-order valence-corrected chi connectivity index (χ2v) is 11.9. The highest BCUT2D eigenvalue weighted by Crippen LogP contribution is 2.55. The fourth-order valence-corrected chi connectivity index (χ4v) is 6.06. The molecule has 1 aliphatic heterocycles. The minimum atomic E-state index is -3.31. The highest BCUT2D eigenvalue weighted by atomic mass is 35.5. The van der Waals surface area contributed by atoms with Gasteiger partial charge in [0.25, 0.3) is 5.89 Å². The van der Waals surface area contributed by atoms with Crippen molar-refractivity contribution in [1.29, 1.82) is 5.26 Å². The molecule has 2 heterocycles. The number of amides is 2. The Bertz CT molecular complexity index is 1500. The predicted octanol–water partition coefficient (Wildman–Crippen LogP) is 3.98. The Morgan fingerprint density at radius 2 is 1.89 bits per heavy atom. The molecule has 2 amide bonds. The van der Waals surface area contributed by atoms with Gasteiger partial charge in [0.05, 0.1) is 22.8 Å². The molecule has 10 nitrogen and oxygen atoms in total. The van der Waals surface area contributed by atoms with Gasteiger partial charge in [-0.15, -0.1) is 0 Å². The maximum Gasteiger partial charge on any atom is 0.321 e. The summed E-state index contributed by atoms with van der Waals surface area (Å²) in [5.74, 6) is -0.0305. The van der Waals surface area contributed by atoms with Crippen molar-refractivity contribution < 1.29 is 22.1 Å². The first-order chi connectivity index (χ1) is 18.2. The summed E-state index contributed by atoms with van der Waals surface area (Å²) < 4.78 is 46.3. The average molecular weight is 559 g/mol. The number of sulfonamides is 1. The van der Waals surface area contributed by atoms with Gasteiger partial charge in [-0.1, -0.05) is 16.8 Å². The van der Waals surface area contributed by atoms with Crippen LogP contribution < -0.4 is 5.32 Å². The number of urea groups is 1. The Morgan fingerprint density at radius 1 is 1.21 bits per heavy atom. The number of carbonyl (C=O) groups excluding carboxylic acids is 1. The van der Waals surface area contributed by atoms with Crippen LogP contribution in [0.2, 0.25) is 5.02 Å². The number of nitrogens with one attached hydrogen (secondary N) is 1. The lowest BCUT2D eigenvalue weighted by Gasteiger charge is -2.33. The molecule has 0 bridgehead atoms. The molecule has 5 rings (SSSR count). The van der Waals surface area contributed by atoms with Crippen LogP contribution in [0.4, 0.5) is 14.9 Å². The predicted molar refractivity (Wildman–Crippen MR) is 137 cm³/mol. The fraction of sp³-hybridized carbons (Fsp3) is 0.360. The quantitative estimate of drug-likeness (QED) is 0.484. The van der Waals surface area contributed by atoms with Crippen molar-refractivity contribution in [3.8, 4) is 17.5 Å². The Hall–Kier alpha value is -3.53. The van der Waals surface area contributed by atoms with Gasteiger partial charge in [-0.3, -0.25) is 0 Å². The first-order valence-corrected chi connectivity index (χ1v) is 14.0. The number of carbonyl (C=O) groups is 1. The third-order valence-electron chi connectivity index (χ3n) is 6.92. The average Bonchev–Trinajstić information content (AvgIpc) is 3.54. The summed E-state index contributed by atoms with van der Waals surface area (Å²) in [6.07, 6.45) is 1.15. The largest absolute Gasteiger partial charge is 0.334 e. The molecule has 0 radical (unpaired) electrons. The molecule has 1 saturated heterocycles. The molecule has 2 aliphatic rings. The van der Waals surface area contributed by atoms with Gasteiger partial charge in [-0.25, -0.2) is 17.6 Å². The van der Waals surface area contributed by atoms with Crippen LogP contribution in [0.15, 0.2) is 40.9 Å². The van der Waals surface area contributed by atoms with E-state index in [4.69, 9.17) is 21.4 Å². The molecule has 1 saturated carbocycles. The van der Waals surface area contributed by atoms with Gasteiger partial charge in [-0.2, -0.15) is 14.6 Å². The van der Waals surface area contributed by atoms with Crippen molar-refractivity contribution in [1.82, 2.24) is 19.3 Å². The number of aromatic nitrogens is 2. The van der Waals surface area contributed by atoms with Gasteiger partial charge in [0.1, 0.15) is 5.82 Å².